The largest absolute Gasteiger partial charge is 0.334 e. The van der Waals surface area contributed by atoms with Crippen LogP contribution in [0.3, 0.4) is 0 Å². The van der Waals surface area contributed by atoms with Crippen LogP contribution >= 0.6 is 0 Å². The normalized spacial score (nSPS) is 11.0. The molecule has 0 aliphatic rings. The molecule has 0 unspecified atom stereocenters. The molecule has 0 atom stereocenters. The second-order valence-electron chi connectivity index (χ2n) is 4.13. The number of halogens is 2. The van der Waals surface area contributed by atoms with E-state index in [1.54, 1.807) is 35.2 Å². The molecule has 0 fully saturated rings. The van der Waals surface area contributed by atoms with Gasteiger partial charge in [0.15, 0.2) is 0 Å². The van der Waals surface area contributed by atoms with Crippen molar-refractivity contribution >= 4 is 21.7 Å². The number of nitrogens with one attached hydrogen (secondary N) is 3. The Labute approximate surface area is 125 Å². The average molecular weight is 327 g/mol. The molecule has 2 rings (SSSR count). The number of para-hydroxylation sites is 1. The van der Waals surface area contributed by atoms with Crippen LogP contribution in [0.1, 0.15) is 0 Å². The number of sulfonamides is 1. The van der Waals surface area contributed by atoms with Crippen LogP contribution in [0.2, 0.25) is 0 Å². The molecule has 0 aliphatic heterocycles. The van der Waals surface area contributed by atoms with E-state index < -0.39 is 32.6 Å². The van der Waals surface area contributed by atoms with Crippen molar-refractivity contribution in [2.45, 2.75) is 4.90 Å². The van der Waals surface area contributed by atoms with Gasteiger partial charge in [-0.3, -0.25) is 5.43 Å². The first kappa shape index (κ1) is 15.9. The van der Waals surface area contributed by atoms with Gasteiger partial charge in [-0.25, -0.2) is 22.0 Å². The van der Waals surface area contributed by atoms with Crippen LogP contribution in [0.5, 0.6) is 0 Å². The van der Waals surface area contributed by atoms with Gasteiger partial charge in [0.25, 0.3) is 10.0 Å². The maximum Gasteiger partial charge on any atom is 0.334 e. The Bertz CT molecular complexity index is 782. The van der Waals surface area contributed by atoms with E-state index in [1.165, 1.54) is 0 Å². The number of anilines is 1. The topological polar surface area (TPSA) is 87.3 Å². The van der Waals surface area contributed by atoms with Gasteiger partial charge in [0.1, 0.15) is 16.5 Å². The third-order valence-corrected chi connectivity index (χ3v) is 3.79. The Hall–Kier alpha value is -2.52. The summed E-state index contributed by atoms with van der Waals surface area (Å²) in [6, 6.07) is 9.38. The number of urea groups is 1. The van der Waals surface area contributed by atoms with Crippen molar-refractivity contribution in [2.75, 3.05) is 5.32 Å². The average Bonchev–Trinajstić information content (AvgIpc) is 2.46. The van der Waals surface area contributed by atoms with Crippen LogP contribution in [0.4, 0.5) is 19.3 Å². The molecule has 9 heteroatoms. The van der Waals surface area contributed by atoms with Crippen molar-refractivity contribution < 1.29 is 22.0 Å². The molecule has 6 nitrogen and oxygen atoms in total. The maximum atomic E-state index is 13.4. The number of hydrogen-bond acceptors (Lipinski definition) is 3. The number of rotatable bonds is 4. The van der Waals surface area contributed by atoms with Gasteiger partial charge in [-0.2, -0.15) is 0 Å². The van der Waals surface area contributed by atoms with Gasteiger partial charge >= 0.3 is 6.03 Å². The lowest BCUT2D eigenvalue weighted by Crippen LogP contribution is -2.44. The second kappa shape index (κ2) is 6.50. The third-order valence-electron chi connectivity index (χ3n) is 2.51. The van der Waals surface area contributed by atoms with Crippen LogP contribution in [0.15, 0.2) is 53.4 Å². The zero-order valence-corrected chi connectivity index (χ0v) is 11.8. The van der Waals surface area contributed by atoms with E-state index in [2.05, 4.69) is 5.32 Å². The van der Waals surface area contributed by atoms with Crippen LogP contribution < -0.4 is 15.6 Å². The fourth-order valence-corrected chi connectivity index (χ4v) is 2.45. The van der Waals surface area contributed by atoms with Gasteiger partial charge in [-0.15, -0.1) is 4.83 Å². The zero-order valence-electron chi connectivity index (χ0n) is 11.0. The molecular formula is C13H11F2N3O3S. The number of carbonyl (C=O) groups excluding carboxylic acids is 1. The van der Waals surface area contributed by atoms with E-state index in [-0.39, 0.29) is 0 Å². The standard InChI is InChI=1S/C13H11F2N3O3S/c14-9-6-7-12(11(15)8-9)22(20,21)18-17-13(19)16-10-4-2-1-3-5-10/h1-8,18H,(H2,16,17,19). The summed E-state index contributed by atoms with van der Waals surface area (Å²) in [5, 5.41) is 2.36. The van der Waals surface area contributed by atoms with E-state index in [0.29, 0.717) is 11.8 Å². The van der Waals surface area contributed by atoms with Crippen LogP contribution in [0, 0.1) is 11.6 Å². The SMILES string of the molecule is O=C(NNS(=O)(=O)c1ccc(F)cc1F)Nc1ccccc1. The van der Waals surface area contributed by atoms with E-state index in [4.69, 9.17) is 0 Å². The lowest BCUT2D eigenvalue weighted by Gasteiger charge is -2.10. The first-order valence-corrected chi connectivity index (χ1v) is 7.46. The summed E-state index contributed by atoms with van der Waals surface area (Å²) < 4.78 is 49.8. The van der Waals surface area contributed by atoms with Gasteiger partial charge in [0.2, 0.25) is 0 Å². The minimum Gasteiger partial charge on any atom is -0.307 e. The first-order valence-electron chi connectivity index (χ1n) is 5.97. The van der Waals surface area contributed by atoms with Crippen LogP contribution in [-0.4, -0.2) is 14.4 Å². The summed E-state index contributed by atoms with van der Waals surface area (Å²) >= 11 is 0. The first-order chi connectivity index (χ1) is 10.4. The lowest BCUT2D eigenvalue weighted by atomic mass is 10.3. The molecule has 0 radical (unpaired) electrons. The van der Waals surface area contributed by atoms with Crippen molar-refractivity contribution in [1.29, 1.82) is 0 Å². The van der Waals surface area contributed by atoms with Gasteiger partial charge in [-0.1, -0.05) is 18.2 Å². The van der Waals surface area contributed by atoms with Crippen molar-refractivity contribution in [2.24, 2.45) is 0 Å². The van der Waals surface area contributed by atoms with Crippen molar-refractivity contribution in [3.05, 3.63) is 60.2 Å². The van der Waals surface area contributed by atoms with Crippen molar-refractivity contribution in [3.63, 3.8) is 0 Å². The van der Waals surface area contributed by atoms with Gasteiger partial charge in [0, 0.05) is 11.8 Å². The van der Waals surface area contributed by atoms with Gasteiger partial charge in [-0.05, 0) is 24.3 Å². The fraction of sp³-hybridized carbons (Fsp3) is 0. The van der Waals surface area contributed by atoms with E-state index in [9.17, 15) is 22.0 Å². The summed E-state index contributed by atoms with van der Waals surface area (Å²) in [4.78, 5) is 12.4. The maximum absolute atomic E-state index is 13.4. The van der Waals surface area contributed by atoms with E-state index in [0.717, 1.165) is 12.1 Å². The quantitative estimate of drug-likeness (QED) is 0.751. The van der Waals surface area contributed by atoms with Gasteiger partial charge < -0.3 is 5.32 Å². The molecular weight excluding hydrogens is 316 g/mol. The molecule has 0 aromatic heterocycles. The highest BCUT2D eigenvalue weighted by Crippen LogP contribution is 2.14. The number of amides is 2. The second-order valence-corrected chi connectivity index (χ2v) is 5.78. The Balaban J connectivity index is 2.02. The molecule has 116 valence electrons. The number of hydrogen-bond donors (Lipinski definition) is 3. The highest BCUT2D eigenvalue weighted by atomic mass is 32.2. The number of carbonyl (C=O) groups is 1. The fourth-order valence-electron chi connectivity index (χ4n) is 1.55. The predicted molar refractivity (Wildman–Crippen MR) is 75.3 cm³/mol. The van der Waals surface area contributed by atoms with E-state index >= 15 is 0 Å². The lowest BCUT2D eigenvalue weighted by molar-refractivity contribution is 0.250. The highest BCUT2D eigenvalue weighted by molar-refractivity contribution is 7.89. The molecule has 22 heavy (non-hydrogen) atoms. The zero-order chi connectivity index (χ0) is 16.2. The summed E-state index contributed by atoms with van der Waals surface area (Å²) in [5.41, 5.74) is 2.30. The highest BCUT2D eigenvalue weighted by Gasteiger charge is 2.20. The Morgan fingerprint density at radius 2 is 1.68 bits per heavy atom. The molecule has 0 aliphatic carbocycles. The Kier molecular flexibility index (Phi) is 4.68. The molecule has 0 spiro atoms. The van der Waals surface area contributed by atoms with Crippen molar-refractivity contribution in [1.82, 2.24) is 10.3 Å². The smallest absolute Gasteiger partial charge is 0.307 e. The van der Waals surface area contributed by atoms with Crippen molar-refractivity contribution in [3.8, 4) is 0 Å². The molecule has 0 saturated heterocycles. The van der Waals surface area contributed by atoms with E-state index in [1.807, 2.05) is 5.43 Å². The number of benzene rings is 2. The molecule has 2 amide bonds. The molecule has 0 saturated carbocycles. The monoisotopic (exact) mass is 327 g/mol. The van der Waals surface area contributed by atoms with Crippen LogP contribution in [0.25, 0.3) is 0 Å². The minimum absolute atomic E-state index is 0.429. The summed E-state index contributed by atoms with van der Waals surface area (Å²) in [5.74, 6) is -2.18. The Morgan fingerprint density at radius 3 is 2.32 bits per heavy atom. The molecule has 0 bridgehead atoms. The molecule has 0 heterocycles. The Morgan fingerprint density at radius 1 is 1.00 bits per heavy atom. The summed E-state index contributed by atoms with van der Waals surface area (Å²) in [6.07, 6.45) is 0. The van der Waals surface area contributed by atoms with Crippen LogP contribution in [-0.2, 0) is 10.0 Å². The van der Waals surface area contributed by atoms with Gasteiger partial charge in [0.05, 0.1) is 0 Å². The molecule has 3 N–H and O–H groups in total. The number of hydrazine groups is 1. The third kappa shape index (κ3) is 3.99. The summed E-state index contributed by atoms with van der Waals surface area (Å²) in [7, 11) is -4.36. The molecule has 2 aromatic rings. The summed E-state index contributed by atoms with van der Waals surface area (Å²) in [6.45, 7) is 0. The molecule has 2 aromatic carbocycles. The minimum atomic E-state index is -4.36. The predicted octanol–water partition coefficient (Wildman–Crippen LogP) is 1.98.